The van der Waals surface area contributed by atoms with Crippen molar-refractivity contribution in [3.8, 4) is 0 Å². The van der Waals surface area contributed by atoms with Gasteiger partial charge in [-0.2, -0.15) is 0 Å². The molecule has 0 aromatic heterocycles. The molecule has 2 fully saturated rings. The number of carbonyl (C=O) groups is 2. The summed E-state index contributed by atoms with van der Waals surface area (Å²) < 4.78 is 5.33. The number of hydrogen-bond acceptors (Lipinski definition) is 5. The Kier molecular flexibility index (Phi) is 5.32. The first kappa shape index (κ1) is 16.7. The number of nitrogens with one attached hydrogen (secondary N) is 1. The minimum absolute atomic E-state index is 0.0983. The lowest BCUT2D eigenvalue weighted by Crippen LogP contribution is -2.42. The van der Waals surface area contributed by atoms with E-state index in [0.717, 1.165) is 32.8 Å². The number of nitrogens with two attached hydrogens (primary N) is 1. The third-order valence-corrected chi connectivity index (χ3v) is 4.49. The average molecular weight is 332 g/mol. The Hall–Kier alpha value is -2.12. The van der Waals surface area contributed by atoms with Gasteiger partial charge in [-0.15, -0.1) is 0 Å². The molecule has 0 aliphatic carbocycles. The highest BCUT2D eigenvalue weighted by Gasteiger charge is 2.30. The molecule has 0 spiro atoms. The van der Waals surface area contributed by atoms with E-state index in [2.05, 4.69) is 10.2 Å². The van der Waals surface area contributed by atoms with E-state index >= 15 is 0 Å². The molecule has 2 amide bonds. The Morgan fingerprint density at radius 2 is 2.08 bits per heavy atom. The van der Waals surface area contributed by atoms with Gasteiger partial charge in [0.05, 0.1) is 19.3 Å². The minimum atomic E-state index is -0.185. The maximum atomic E-state index is 12.3. The fourth-order valence-electron chi connectivity index (χ4n) is 3.12. The number of ether oxygens (including phenoxy) is 1. The van der Waals surface area contributed by atoms with E-state index in [9.17, 15) is 9.59 Å². The van der Waals surface area contributed by atoms with Crippen LogP contribution in [0.4, 0.5) is 5.69 Å². The number of benzene rings is 1. The zero-order valence-electron chi connectivity index (χ0n) is 13.7. The Morgan fingerprint density at radius 1 is 1.29 bits per heavy atom. The lowest BCUT2D eigenvalue weighted by atomic mass is 10.1. The molecular weight excluding hydrogens is 308 g/mol. The van der Waals surface area contributed by atoms with Gasteiger partial charge in [0.2, 0.25) is 5.91 Å². The number of anilines is 1. The van der Waals surface area contributed by atoms with Gasteiger partial charge in [-0.1, -0.05) is 6.07 Å². The lowest BCUT2D eigenvalue weighted by molar-refractivity contribution is -0.128. The van der Waals surface area contributed by atoms with Gasteiger partial charge in [0.25, 0.3) is 5.91 Å². The van der Waals surface area contributed by atoms with Gasteiger partial charge in [0, 0.05) is 50.4 Å². The van der Waals surface area contributed by atoms with E-state index < -0.39 is 0 Å². The standard InChI is InChI=1S/C17H24N4O3/c18-14-3-1-2-13(10-14)17(23)19-15-11-16(22)21(12-15)5-4-20-6-8-24-9-7-20/h1-3,10,15H,4-9,11-12,18H2,(H,19,23). The van der Waals surface area contributed by atoms with Gasteiger partial charge in [0.1, 0.15) is 0 Å². The van der Waals surface area contributed by atoms with Crippen molar-refractivity contribution >= 4 is 17.5 Å². The third-order valence-electron chi connectivity index (χ3n) is 4.49. The van der Waals surface area contributed by atoms with Gasteiger partial charge in [-0.3, -0.25) is 14.5 Å². The summed E-state index contributed by atoms with van der Waals surface area (Å²) >= 11 is 0. The molecule has 1 aromatic rings. The summed E-state index contributed by atoms with van der Waals surface area (Å²) in [6.07, 6.45) is 0.358. The van der Waals surface area contributed by atoms with Crippen molar-refractivity contribution in [3.63, 3.8) is 0 Å². The number of nitrogens with zero attached hydrogens (tertiary/aromatic N) is 2. The highest BCUT2D eigenvalue weighted by atomic mass is 16.5. The van der Waals surface area contributed by atoms with Crippen molar-refractivity contribution in [2.24, 2.45) is 0 Å². The van der Waals surface area contributed by atoms with Crippen LogP contribution in [-0.2, 0) is 9.53 Å². The Morgan fingerprint density at radius 3 is 2.83 bits per heavy atom. The molecule has 2 aliphatic heterocycles. The maximum absolute atomic E-state index is 12.3. The molecule has 2 aliphatic rings. The van der Waals surface area contributed by atoms with E-state index in [-0.39, 0.29) is 17.9 Å². The molecule has 3 rings (SSSR count). The minimum Gasteiger partial charge on any atom is -0.399 e. The smallest absolute Gasteiger partial charge is 0.251 e. The number of amides is 2. The molecule has 2 saturated heterocycles. The highest BCUT2D eigenvalue weighted by molar-refractivity contribution is 5.95. The topological polar surface area (TPSA) is 87.9 Å². The van der Waals surface area contributed by atoms with E-state index in [0.29, 0.717) is 30.8 Å². The number of hydrogen-bond donors (Lipinski definition) is 2. The SMILES string of the molecule is Nc1cccc(C(=O)NC2CC(=O)N(CCN3CCOCC3)C2)c1. The molecule has 2 heterocycles. The Bertz CT molecular complexity index is 601. The van der Waals surface area contributed by atoms with Crippen LogP contribution in [0.5, 0.6) is 0 Å². The van der Waals surface area contributed by atoms with Gasteiger partial charge < -0.3 is 20.7 Å². The summed E-state index contributed by atoms with van der Waals surface area (Å²) in [6.45, 7) is 5.46. The van der Waals surface area contributed by atoms with Crippen LogP contribution in [-0.4, -0.2) is 73.6 Å². The summed E-state index contributed by atoms with van der Waals surface area (Å²) in [7, 11) is 0. The monoisotopic (exact) mass is 332 g/mol. The van der Waals surface area contributed by atoms with E-state index in [1.807, 2.05) is 4.90 Å². The van der Waals surface area contributed by atoms with Gasteiger partial charge in [-0.25, -0.2) is 0 Å². The predicted molar refractivity (Wildman–Crippen MR) is 90.6 cm³/mol. The molecule has 7 heteroatoms. The second kappa shape index (κ2) is 7.63. The van der Waals surface area contributed by atoms with Crippen LogP contribution in [0.1, 0.15) is 16.8 Å². The first-order chi connectivity index (χ1) is 11.6. The Labute approximate surface area is 141 Å². The third kappa shape index (κ3) is 4.24. The van der Waals surface area contributed by atoms with E-state index in [1.165, 1.54) is 0 Å². The second-order valence-electron chi connectivity index (χ2n) is 6.29. The molecule has 3 N–H and O–H groups in total. The summed E-state index contributed by atoms with van der Waals surface area (Å²) in [6, 6.07) is 6.71. The van der Waals surface area contributed by atoms with Crippen molar-refractivity contribution in [2.45, 2.75) is 12.5 Å². The van der Waals surface area contributed by atoms with Crippen molar-refractivity contribution < 1.29 is 14.3 Å². The predicted octanol–water partition coefficient (Wildman–Crippen LogP) is -0.0683. The number of rotatable bonds is 5. The van der Waals surface area contributed by atoms with Crippen LogP contribution in [0.15, 0.2) is 24.3 Å². The fraction of sp³-hybridized carbons (Fsp3) is 0.529. The number of morpholine rings is 1. The second-order valence-corrected chi connectivity index (χ2v) is 6.29. The molecule has 130 valence electrons. The fourth-order valence-corrected chi connectivity index (χ4v) is 3.12. The summed E-state index contributed by atoms with van der Waals surface area (Å²) in [5.41, 5.74) is 6.78. The van der Waals surface area contributed by atoms with Crippen LogP contribution in [0.2, 0.25) is 0 Å². The van der Waals surface area contributed by atoms with Crippen molar-refractivity contribution in [1.82, 2.24) is 15.1 Å². The van der Waals surface area contributed by atoms with E-state index in [4.69, 9.17) is 10.5 Å². The van der Waals surface area contributed by atoms with Crippen LogP contribution in [0.25, 0.3) is 0 Å². The summed E-state index contributed by atoms with van der Waals surface area (Å²) in [5.74, 6) is -0.0868. The molecule has 1 aromatic carbocycles. The van der Waals surface area contributed by atoms with Crippen LogP contribution >= 0.6 is 0 Å². The summed E-state index contributed by atoms with van der Waals surface area (Å²) in [4.78, 5) is 28.5. The van der Waals surface area contributed by atoms with Gasteiger partial charge in [-0.05, 0) is 18.2 Å². The molecule has 0 bridgehead atoms. The molecule has 0 radical (unpaired) electrons. The maximum Gasteiger partial charge on any atom is 0.251 e. The van der Waals surface area contributed by atoms with Crippen molar-refractivity contribution in [1.29, 1.82) is 0 Å². The first-order valence-electron chi connectivity index (χ1n) is 8.36. The summed E-state index contributed by atoms with van der Waals surface area (Å²) in [5, 5.41) is 2.93. The van der Waals surface area contributed by atoms with Crippen molar-refractivity contribution in [3.05, 3.63) is 29.8 Å². The van der Waals surface area contributed by atoms with Gasteiger partial charge >= 0.3 is 0 Å². The molecular formula is C17H24N4O3. The molecule has 1 unspecified atom stereocenters. The molecule has 0 saturated carbocycles. The van der Waals surface area contributed by atoms with Crippen LogP contribution in [0, 0.1) is 0 Å². The zero-order chi connectivity index (χ0) is 16.9. The molecule has 24 heavy (non-hydrogen) atoms. The Balaban J connectivity index is 1.48. The van der Waals surface area contributed by atoms with Crippen molar-refractivity contribution in [2.75, 3.05) is 51.7 Å². The lowest BCUT2D eigenvalue weighted by Gasteiger charge is -2.28. The van der Waals surface area contributed by atoms with Gasteiger partial charge in [0.15, 0.2) is 0 Å². The normalized spacial score (nSPS) is 21.9. The number of carbonyl (C=O) groups excluding carboxylic acids is 2. The molecule has 1 atom stereocenters. The highest BCUT2D eigenvalue weighted by Crippen LogP contribution is 2.13. The van der Waals surface area contributed by atoms with Crippen LogP contribution in [0.3, 0.4) is 0 Å². The average Bonchev–Trinajstić information content (AvgIpc) is 2.93. The quantitative estimate of drug-likeness (QED) is 0.737. The van der Waals surface area contributed by atoms with Crippen LogP contribution < -0.4 is 11.1 Å². The van der Waals surface area contributed by atoms with E-state index in [1.54, 1.807) is 24.3 Å². The number of nitrogen functional groups attached to an aromatic ring is 1. The first-order valence-corrected chi connectivity index (χ1v) is 8.36. The zero-order valence-corrected chi connectivity index (χ0v) is 13.7. The largest absolute Gasteiger partial charge is 0.399 e. The number of likely N-dealkylation sites (tertiary alicyclic amines) is 1. The molecule has 7 nitrogen and oxygen atoms in total.